The number of carbonyl (C=O) groups excluding carboxylic acids is 2. The van der Waals surface area contributed by atoms with Crippen molar-refractivity contribution in [1.82, 2.24) is 0 Å². The number of anilines is 1. The fourth-order valence-electron chi connectivity index (χ4n) is 2.46. The lowest BCUT2D eigenvalue weighted by Gasteiger charge is -2.22. The summed E-state index contributed by atoms with van der Waals surface area (Å²) < 4.78 is 0. The average Bonchev–Trinajstić information content (AvgIpc) is 2.25. The van der Waals surface area contributed by atoms with E-state index in [-0.39, 0.29) is 17.1 Å². The minimum absolute atomic E-state index is 0.00204. The Kier molecular flexibility index (Phi) is 5.49. The molecule has 3 nitrogen and oxygen atoms in total. The van der Waals surface area contributed by atoms with Crippen LogP contribution in [0.2, 0.25) is 0 Å². The second kappa shape index (κ2) is 6.69. The number of hydrogen-bond acceptors (Lipinski definition) is 2. The summed E-state index contributed by atoms with van der Waals surface area (Å²) in [5.41, 5.74) is 1.53. The topological polar surface area (TPSA) is 46.2 Å². The van der Waals surface area contributed by atoms with Crippen LogP contribution in [-0.2, 0) is 4.79 Å². The lowest BCUT2D eigenvalue weighted by molar-refractivity contribution is -0.117. The Hall–Kier alpha value is -1.64. The maximum absolute atomic E-state index is 12.0. The molecule has 1 amide bonds. The van der Waals surface area contributed by atoms with Crippen LogP contribution in [0.1, 0.15) is 57.8 Å². The zero-order chi connectivity index (χ0) is 15.3. The van der Waals surface area contributed by atoms with Crippen LogP contribution < -0.4 is 5.32 Å². The van der Waals surface area contributed by atoms with E-state index in [9.17, 15) is 9.59 Å². The third-order valence-electron chi connectivity index (χ3n) is 3.05. The highest BCUT2D eigenvalue weighted by molar-refractivity contribution is 5.97. The molecular weight excluding hydrogens is 250 g/mol. The van der Waals surface area contributed by atoms with Crippen molar-refractivity contribution in [3.05, 3.63) is 29.8 Å². The molecule has 1 aromatic carbocycles. The first-order valence-corrected chi connectivity index (χ1v) is 7.08. The van der Waals surface area contributed by atoms with Gasteiger partial charge >= 0.3 is 0 Å². The van der Waals surface area contributed by atoms with E-state index in [0.29, 0.717) is 23.6 Å². The highest BCUT2D eigenvalue weighted by Crippen LogP contribution is 2.26. The number of benzene rings is 1. The fourth-order valence-corrected chi connectivity index (χ4v) is 2.46. The summed E-state index contributed by atoms with van der Waals surface area (Å²) in [6, 6.07) is 7.05. The monoisotopic (exact) mass is 275 g/mol. The zero-order valence-electron chi connectivity index (χ0n) is 13.1. The molecule has 1 atom stereocenters. The van der Waals surface area contributed by atoms with Gasteiger partial charge in [-0.1, -0.05) is 39.8 Å². The lowest BCUT2D eigenvalue weighted by atomic mass is 9.84. The summed E-state index contributed by atoms with van der Waals surface area (Å²) >= 11 is 0. The predicted molar refractivity (Wildman–Crippen MR) is 82.9 cm³/mol. The molecule has 0 aliphatic heterocycles. The van der Waals surface area contributed by atoms with Crippen LogP contribution in [0.3, 0.4) is 0 Å². The molecule has 0 saturated carbocycles. The van der Waals surface area contributed by atoms with Gasteiger partial charge in [-0.25, -0.2) is 0 Å². The zero-order valence-corrected chi connectivity index (χ0v) is 13.1. The molecule has 0 saturated heterocycles. The molecule has 0 radical (unpaired) electrons. The van der Waals surface area contributed by atoms with Gasteiger partial charge in [-0.3, -0.25) is 9.59 Å². The Morgan fingerprint density at radius 3 is 2.45 bits per heavy atom. The molecule has 0 bridgehead atoms. The Balaban J connectivity index is 2.58. The minimum atomic E-state index is 0.00204. The van der Waals surface area contributed by atoms with Crippen molar-refractivity contribution < 1.29 is 9.59 Å². The Bertz CT molecular complexity index is 486. The van der Waals surface area contributed by atoms with Gasteiger partial charge < -0.3 is 5.32 Å². The molecule has 0 unspecified atom stereocenters. The van der Waals surface area contributed by atoms with Crippen LogP contribution in [0.25, 0.3) is 0 Å². The summed E-state index contributed by atoms with van der Waals surface area (Å²) in [6.45, 7) is 10.1. The number of carbonyl (C=O) groups is 2. The van der Waals surface area contributed by atoms with Crippen molar-refractivity contribution >= 4 is 17.4 Å². The van der Waals surface area contributed by atoms with Gasteiger partial charge in [-0.2, -0.15) is 0 Å². The minimum Gasteiger partial charge on any atom is -0.326 e. The van der Waals surface area contributed by atoms with Gasteiger partial charge in [0.25, 0.3) is 0 Å². The Labute approximate surface area is 121 Å². The molecule has 0 aliphatic rings. The maximum atomic E-state index is 12.0. The molecule has 1 rings (SSSR count). The van der Waals surface area contributed by atoms with Crippen LogP contribution in [-0.4, -0.2) is 11.7 Å². The second-order valence-electron chi connectivity index (χ2n) is 6.76. The summed E-state index contributed by atoms with van der Waals surface area (Å²) in [6.07, 6.45) is 1.51. The molecule has 0 aliphatic carbocycles. The number of rotatable bonds is 5. The molecule has 110 valence electrons. The molecule has 20 heavy (non-hydrogen) atoms. The largest absolute Gasteiger partial charge is 0.326 e. The lowest BCUT2D eigenvalue weighted by Crippen LogP contribution is -2.19. The van der Waals surface area contributed by atoms with E-state index in [4.69, 9.17) is 0 Å². The van der Waals surface area contributed by atoms with Gasteiger partial charge in [0.05, 0.1) is 0 Å². The number of ketones is 1. The van der Waals surface area contributed by atoms with E-state index >= 15 is 0 Å². The predicted octanol–water partition coefficient (Wildman–Crippen LogP) is 4.29. The third-order valence-corrected chi connectivity index (χ3v) is 3.05. The molecule has 0 heterocycles. The second-order valence-corrected chi connectivity index (χ2v) is 6.76. The quantitative estimate of drug-likeness (QED) is 0.815. The summed E-state index contributed by atoms with van der Waals surface area (Å²) in [5.74, 6) is 0.343. The van der Waals surface area contributed by atoms with Gasteiger partial charge in [0.15, 0.2) is 5.78 Å². The van der Waals surface area contributed by atoms with E-state index < -0.39 is 0 Å². The van der Waals surface area contributed by atoms with Crippen molar-refractivity contribution in [3.63, 3.8) is 0 Å². The first-order chi connectivity index (χ1) is 9.17. The van der Waals surface area contributed by atoms with Crippen LogP contribution >= 0.6 is 0 Å². The van der Waals surface area contributed by atoms with Crippen molar-refractivity contribution in [2.24, 2.45) is 11.3 Å². The van der Waals surface area contributed by atoms with Crippen molar-refractivity contribution in [3.8, 4) is 0 Å². The molecule has 1 N–H and O–H groups in total. The van der Waals surface area contributed by atoms with Gasteiger partial charge in [0, 0.05) is 17.7 Å². The summed E-state index contributed by atoms with van der Waals surface area (Å²) in [7, 11) is 0. The van der Waals surface area contributed by atoms with E-state index in [1.54, 1.807) is 24.3 Å². The highest BCUT2D eigenvalue weighted by Gasteiger charge is 2.17. The van der Waals surface area contributed by atoms with E-state index in [2.05, 4.69) is 33.0 Å². The standard InChI is InChI=1S/C17H25NO2/c1-12(11-17(3,4)5)9-16(20)18-15-8-6-7-14(10-15)13(2)19/h6-8,10,12H,9,11H2,1-5H3,(H,18,20)/t12-/m0/s1. The fraction of sp³-hybridized carbons (Fsp3) is 0.529. The van der Waals surface area contributed by atoms with Crippen molar-refractivity contribution in [2.75, 3.05) is 5.32 Å². The number of Topliss-reactive ketones (excluding diaryl/α,β-unsaturated/α-hetero) is 1. The number of nitrogens with one attached hydrogen (secondary N) is 1. The molecule has 3 heteroatoms. The maximum Gasteiger partial charge on any atom is 0.224 e. The Morgan fingerprint density at radius 2 is 1.90 bits per heavy atom. The molecule has 1 aromatic rings. The first-order valence-electron chi connectivity index (χ1n) is 7.08. The number of amides is 1. The van der Waals surface area contributed by atoms with Gasteiger partial charge in [0.2, 0.25) is 5.91 Å². The van der Waals surface area contributed by atoms with Crippen molar-refractivity contribution in [2.45, 2.75) is 47.5 Å². The molecule has 0 spiro atoms. The Morgan fingerprint density at radius 1 is 1.25 bits per heavy atom. The van der Waals surface area contributed by atoms with Gasteiger partial charge in [0.1, 0.15) is 0 Å². The number of hydrogen-bond donors (Lipinski definition) is 1. The van der Waals surface area contributed by atoms with Crippen LogP contribution in [0.4, 0.5) is 5.69 Å². The van der Waals surface area contributed by atoms with Crippen LogP contribution in [0, 0.1) is 11.3 Å². The van der Waals surface area contributed by atoms with Gasteiger partial charge in [-0.05, 0) is 36.8 Å². The van der Waals surface area contributed by atoms with Crippen LogP contribution in [0.15, 0.2) is 24.3 Å². The van der Waals surface area contributed by atoms with Crippen LogP contribution in [0.5, 0.6) is 0 Å². The SMILES string of the molecule is CC(=O)c1cccc(NC(=O)C[C@H](C)CC(C)(C)C)c1. The van der Waals surface area contributed by atoms with Crippen molar-refractivity contribution in [1.29, 1.82) is 0 Å². The third kappa shape index (κ3) is 6.00. The molecular formula is C17H25NO2. The normalized spacial score (nSPS) is 12.8. The summed E-state index contributed by atoms with van der Waals surface area (Å²) in [5, 5.41) is 2.86. The van der Waals surface area contributed by atoms with E-state index in [1.165, 1.54) is 6.92 Å². The highest BCUT2D eigenvalue weighted by atomic mass is 16.1. The van der Waals surface area contributed by atoms with E-state index in [0.717, 1.165) is 6.42 Å². The molecule has 0 aromatic heterocycles. The average molecular weight is 275 g/mol. The van der Waals surface area contributed by atoms with Gasteiger partial charge in [-0.15, -0.1) is 0 Å². The van der Waals surface area contributed by atoms with E-state index in [1.807, 2.05) is 0 Å². The first kappa shape index (κ1) is 16.4. The smallest absolute Gasteiger partial charge is 0.224 e. The molecule has 0 fully saturated rings. The summed E-state index contributed by atoms with van der Waals surface area (Å²) in [4.78, 5) is 23.3.